The first-order valence-electron chi connectivity index (χ1n) is 6.04. The van der Waals surface area contributed by atoms with Crippen LogP contribution < -0.4 is 10.4 Å². The molecule has 18 heavy (non-hydrogen) atoms. The first-order chi connectivity index (χ1) is 8.70. The predicted molar refractivity (Wildman–Crippen MR) is 70.1 cm³/mol. The van der Waals surface area contributed by atoms with Gasteiger partial charge in [0.1, 0.15) is 0 Å². The zero-order chi connectivity index (χ0) is 13.0. The molecular formula is C13H19N3O2. The topological polar surface area (TPSA) is 44.8 Å². The number of hydroxylamine groups is 1. The van der Waals surface area contributed by atoms with Gasteiger partial charge in [-0.25, -0.2) is 0 Å². The summed E-state index contributed by atoms with van der Waals surface area (Å²) in [7, 11) is 3.56. The number of nitrogens with zero attached hydrogens (tertiary/aromatic N) is 2. The fraction of sp³-hybridized carbons (Fsp3) is 0.462. The second-order valence-corrected chi connectivity index (χ2v) is 4.47. The molecule has 98 valence electrons. The summed E-state index contributed by atoms with van der Waals surface area (Å²) in [4.78, 5) is 20.6. The summed E-state index contributed by atoms with van der Waals surface area (Å²) < 4.78 is 0. The van der Waals surface area contributed by atoms with Crippen molar-refractivity contribution in [2.45, 2.75) is 6.54 Å². The Balaban J connectivity index is 2.02. The van der Waals surface area contributed by atoms with Crippen molar-refractivity contribution in [2.75, 3.05) is 38.7 Å². The van der Waals surface area contributed by atoms with Crippen LogP contribution in [0, 0.1) is 0 Å². The van der Waals surface area contributed by atoms with Gasteiger partial charge < -0.3 is 9.74 Å². The summed E-state index contributed by atoms with van der Waals surface area (Å²) in [6.07, 6.45) is 0. The largest absolute Gasteiger partial charge is 0.310 e. The molecule has 0 aromatic heterocycles. The van der Waals surface area contributed by atoms with Crippen LogP contribution in [0.3, 0.4) is 0 Å². The van der Waals surface area contributed by atoms with E-state index >= 15 is 0 Å². The zero-order valence-electron chi connectivity index (χ0n) is 10.8. The SMILES string of the molecule is CONCc1ccc(N2CCN(C)CC2=O)cc1. The van der Waals surface area contributed by atoms with Crippen molar-refractivity contribution in [1.29, 1.82) is 0 Å². The number of hydrogen-bond acceptors (Lipinski definition) is 4. The lowest BCUT2D eigenvalue weighted by Crippen LogP contribution is -2.48. The van der Waals surface area contributed by atoms with E-state index in [-0.39, 0.29) is 5.91 Å². The Hall–Kier alpha value is -1.43. The molecule has 0 bridgehead atoms. The fourth-order valence-electron chi connectivity index (χ4n) is 2.01. The Labute approximate surface area is 107 Å². The molecule has 0 unspecified atom stereocenters. The van der Waals surface area contributed by atoms with E-state index in [0.29, 0.717) is 13.1 Å². The molecular weight excluding hydrogens is 230 g/mol. The summed E-state index contributed by atoms with van der Waals surface area (Å²) in [6, 6.07) is 7.98. The minimum Gasteiger partial charge on any atom is -0.310 e. The lowest BCUT2D eigenvalue weighted by molar-refractivity contribution is -0.120. The molecule has 1 aliphatic rings. The molecule has 5 heteroatoms. The molecule has 0 radical (unpaired) electrons. The third-order valence-electron chi connectivity index (χ3n) is 3.08. The van der Waals surface area contributed by atoms with Gasteiger partial charge in [-0.05, 0) is 24.7 Å². The van der Waals surface area contributed by atoms with E-state index < -0.39 is 0 Å². The smallest absolute Gasteiger partial charge is 0.241 e. The Morgan fingerprint density at radius 1 is 1.28 bits per heavy atom. The highest BCUT2D eigenvalue weighted by atomic mass is 16.6. The van der Waals surface area contributed by atoms with Crippen molar-refractivity contribution in [1.82, 2.24) is 10.4 Å². The van der Waals surface area contributed by atoms with Gasteiger partial charge in [-0.15, -0.1) is 0 Å². The lowest BCUT2D eigenvalue weighted by Gasteiger charge is -2.32. The van der Waals surface area contributed by atoms with E-state index in [4.69, 9.17) is 4.84 Å². The number of hydrogen-bond donors (Lipinski definition) is 1. The predicted octanol–water partition coefficient (Wildman–Crippen LogP) is 0.616. The molecule has 2 rings (SSSR count). The summed E-state index contributed by atoms with van der Waals surface area (Å²) in [5.74, 6) is 0.159. The van der Waals surface area contributed by atoms with Crippen LogP contribution in [0.2, 0.25) is 0 Å². The van der Waals surface area contributed by atoms with Crippen LogP contribution in [-0.4, -0.2) is 44.6 Å². The van der Waals surface area contributed by atoms with Crippen LogP contribution in [0.5, 0.6) is 0 Å². The molecule has 0 spiro atoms. The molecule has 1 aromatic carbocycles. The third-order valence-corrected chi connectivity index (χ3v) is 3.08. The van der Waals surface area contributed by atoms with E-state index in [1.54, 1.807) is 7.11 Å². The van der Waals surface area contributed by atoms with Crippen molar-refractivity contribution >= 4 is 11.6 Å². The number of carbonyl (C=O) groups is 1. The Bertz CT molecular complexity index is 405. The summed E-state index contributed by atoms with van der Waals surface area (Å²) in [5, 5.41) is 0. The molecule has 0 aliphatic carbocycles. The van der Waals surface area contributed by atoms with Crippen molar-refractivity contribution in [3.63, 3.8) is 0 Å². The number of amides is 1. The molecule has 1 heterocycles. The van der Waals surface area contributed by atoms with Gasteiger partial charge in [-0.1, -0.05) is 12.1 Å². The average molecular weight is 249 g/mol. The number of nitrogens with one attached hydrogen (secondary N) is 1. The third kappa shape index (κ3) is 3.07. The van der Waals surface area contributed by atoms with Gasteiger partial charge in [0, 0.05) is 25.3 Å². The minimum absolute atomic E-state index is 0.159. The van der Waals surface area contributed by atoms with Gasteiger partial charge in [0.25, 0.3) is 0 Å². The average Bonchev–Trinajstić information content (AvgIpc) is 2.37. The van der Waals surface area contributed by atoms with Crippen LogP contribution in [0.1, 0.15) is 5.56 Å². The van der Waals surface area contributed by atoms with Gasteiger partial charge in [0.15, 0.2) is 0 Å². The highest BCUT2D eigenvalue weighted by molar-refractivity contribution is 5.95. The molecule has 1 saturated heterocycles. The quantitative estimate of drug-likeness (QED) is 0.794. The van der Waals surface area contributed by atoms with Gasteiger partial charge in [0.05, 0.1) is 13.7 Å². The zero-order valence-corrected chi connectivity index (χ0v) is 10.8. The molecule has 1 amide bonds. The van der Waals surface area contributed by atoms with E-state index in [1.165, 1.54) is 0 Å². The van der Waals surface area contributed by atoms with E-state index in [9.17, 15) is 4.79 Å². The molecule has 1 aliphatic heterocycles. The number of benzene rings is 1. The van der Waals surface area contributed by atoms with Crippen molar-refractivity contribution in [3.8, 4) is 0 Å². The van der Waals surface area contributed by atoms with Gasteiger partial charge in [0.2, 0.25) is 5.91 Å². The second-order valence-electron chi connectivity index (χ2n) is 4.47. The van der Waals surface area contributed by atoms with Crippen LogP contribution in [0.15, 0.2) is 24.3 Å². The lowest BCUT2D eigenvalue weighted by atomic mass is 10.2. The maximum Gasteiger partial charge on any atom is 0.241 e. The molecule has 1 aromatic rings. The minimum atomic E-state index is 0.159. The first-order valence-corrected chi connectivity index (χ1v) is 6.04. The second kappa shape index (κ2) is 5.95. The summed E-state index contributed by atoms with van der Waals surface area (Å²) in [6.45, 7) is 2.82. The van der Waals surface area contributed by atoms with Crippen LogP contribution in [-0.2, 0) is 16.2 Å². The molecule has 5 nitrogen and oxygen atoms in total. The van der Waals surface area contributed by atoms with Crippen LogP contribution in [0.25, 0.3) is 0 Å². The number of piperazine rings is 1. The fourth-order valence-corrected chi connectivity index (χ4v) is 2.01. The molecule has 0 saturated carbocycles. The number of likely N-dealkylation sites (N-methyl/N-ethyl adjacent to an activating group) is 1. The maximum atomic E-state index is 11.9. The van der Waals surface area contributed by atoms with E-state index in [2.05, 4.69) is 5.48 Å². The Morgan fingerprint density at radius 3 is 2.61 bits per heavy atom. The number of carbonyl (C=O) groups excluding carboxylic acids is 1. The first kappa shape index (κ1) is 13.0. The number of anilines is 1. The Morgan fingerprint density at radius 2 is 2.00 bits per heavy atom. The highest BCUT2D eigenvalue weighted by Gasteiger charge is 2.22. The van der Waals surface area contributed by atoms with Gasteiger partial charge in [-0.2, -0.15) is 5.48 Å². The Kier molecular flexibility index (Phi) is 4.30. The van der Waals surface area contributed by atoms with E-state index in [1.807, 2.05) is 41.1 Å². The maximum absolute atomic E-state index is 11.9. The number of rotatable bonds is 4. The van der Waals surface area contributed by atoms with Crippen LogP contribution >= 0.6 is 0 Å². The molecule has 1 fully saturated rings. The van der Waals surface area contributed by atoms with Crippen molar-refractivity contribution in [3.05, 3.63) is 29.8 Å². The normalized spacial score (nSPS) is 17.2. The molecule has 0 atom stereocenters. The van der Waals surface area contributed by atoms with Gasteiger partial charge >= 0.3 is 0 Å². The van der Waals surface area contributed by atoms with Crippen molar-refractivity contribution < 1.29 is 9.63 Å². The standard InChI is InChI=1S/C13H19N3O2/c1-15-7-8-16(13(17)10-15)12-5-3-11(4-6-12)9-14-18-2/h3-6,14H,7-10H2,1-2H3. The van der Waals surface area contributed by atoms with Crippen molar-refractivity contribution in [2.24, 2.45) is 0 Å². The van der Waals surface area contributed by atoms with Gasteiger partial charge in [-0.3, -0.25) is 9.69 Å². The van der Waals surface area contributed by atoms with Crippen LogP contribution in [0.4, 0.5) is 5.69 Å². The summed E-state index contributed by atoms with van der Waals surface area (Å²) in [5.41, 5.74) is 4.88. The molecule has 1 N–H and O–H groups in total. The van der Waals surface area contributed by atoms with E-state index in [0.717, 1.165) is 24.3 Å². The summed E-state index contributed by atoms with van der Waals surface area (Å²) >= 11 is 0. The monoisotopic (exact) mass is 249 g/mol. The highest BCUT2D eigenvalue weighted by Crippen LogP contribution is 2.17.